The molecule has 0 radical (unpaired) electrons. The van der Waals surface area contributed by atoms with E-state index in [-0.39, 0.29) is 11.7 Å². The molecule has 98 valence electrons. The number of halogens is 1. The van der Waals surface area contributed by atoms with Crippen LogP contribution in [-0.2, 0) is 0 Å². The van der Waals surface area contributed by atoms with E-state index in [2.05, 4.69) is 0 Å². The maximum absolute atomic E-state index is 12.5. The summed E-state index contributed by atoms with van der Waals surface area (Å²) in [5.41, 5.74) is 7.52. The van der Waals surface area contributed by atoms with Gasteiger partial charge in [0.2, 0.25) is 0 Å². The molecule has 0 aliphatic heterocycles. The van der Waals surface area contributed by atoms with Gasteiger partial charge in [-0.1, -0.05) is 36.6 Å². The van der Waals surface area contributed by atoms with Crippen LogP contribution in [-0.4, -0.2) is 12.3 Å². The van der Waals surface area contributed by atoms with Crippen LogP contribution in [0.3, 0.4) is 0 Å². The van der Waals surface area contributed by atoms with Crippen molar-refractivity contribution in [2.75, 3.05) is 6.54 Å². The number of aryl methyl sites for hydroxylation is 1. The van der Waals surface area contributed by atoms with Gasteiger partial charge in [-0.15, -0.1) is 0 Å². The van der Waals surface area contributed by atoms with Gasteiger partial charge >= 0.3 is 0 Å². The normalized spacial score (nSPS) is 23.9. The molecule has 1 fully saturated rings. The van der Waals surface area contributed by atoms with Gasteiger partial charge in [0, 0.05) is 16.5 Å². The first kappa shape index (κ1) is 13.6. The Morgan fingerprint density at radius 1 is 1.39 bits per heavy atom. The molecule has 2 rings (SSSR count). The van der Waals surface area contributed by atoms with Crippen molar-refractivity contribution in [3.8, 4) is 0 Å². The third kappa shape index (κ3) is 2.76. The molecular formula is C15H20ClNO. The lowest BCUT2D eigenvalue weighted by atomic mass is 9.75. The molecule has 1 aromatic carbocycles. The second-order valence-electron chi connectivity index (χ2n) is 5.21. The van der Waals surface area contributed by atoms with Gasteiger partial charge in [0.1, 0.15) is 0 Å². The molecule has 2 nitrogen and oxygen atoms in total. The zero-order valence-corrected chi connectivity index (χ0v) is 11.5. The lowest BCUT2D eigenvalue weighted by Gasteiger charge is -2.29. The van der Waals surface area contributed by atoms with Gasteiger partial charge < -0.3 is 5.73 Å². The molecule has 18 heavy (non-hydrogen) atoms. The Bertz CT molecular complexity index is 444. The summed E-state index contributed by atoms with van der Waals surface area (Å²) in [4.78, 5) is 12.5. The molecule has 3 heteroatoms. The van der Waals surface area contributed by atoms with Crippen molar-refractivity contribution in [1.29, 1.82) is 0 Å². The van der Waals surface area contributed by atoms with Gasteiger partial charge in [-0.2, -0.15) is 0 Å². The molecule has 0 aromatic heterocycles. The average Bonchev–Trinajstić information content (AvgIpc) is 2.41. The number of ketones is 1. The molecule has 0 amide bonds. The van der Waals surface area contributed by atoms with Crippen LogP contribution in [0.5, 0.6) is 0 Å². The lowest BCUT2D eigenvalue weighted by Crippen LogP contribution is -2.32. The van der Waals surface area contributed by atoms with E-state index in [1.807, 2.05) is 19.1 Å². The number of hydrogen-bond donors (Lipinski definition) is 1. The number of carbonyl (C=O) groups excluding carboxylic acids is 1. The van der Waals surface area contributed by atoms with Crippen LogP contribution in [0.15, 0.2) is 18.2 Å². The minimum absolute atomic E-state index is 0.0857. The van der Waals surface area contributed by atoms with E-state index >= 15 is 0 Å². The number of nitrogens with two attached hydrogens (primary N) is 1. The number of hydrogen-bond acceptors (Lipinski definition) is 2. The first-order valence-electron chi connectivity index (χ1n) is 6.64. The molecule has 1 aliphatic carbocycles. The molecule has 0 saturated heterocycles. The Hall–Kier alpha value is -0.860. The molecule has 0 bridgehead atoms. The summed E-state index contributed by atoms with van der Waals surface area (Å²) in [5, 5.41) is 0.668. The van der Waals surface area contributed by atoms with Crippen LogP contribution < -0.4 is 5.73 Å². The lowest BCUT2D eigenvalue weighted by molar-refractivity contribution is 0.0829. The zero-order chi connectivity index (χ0) is 13.1. The van der Waals surface area contributed by atoms with Crippen molar-refractivity contribution in [2.24, 2.45) is 17.6 Å². The minimum atomic E-state index is 0.0857. The van der Waals surface area contributed by atoms with Crippen LogP contribution in [0.2, 0.25) is 5.02 Å². The van der Waals surface area contributed by atoms with Gasteiger partial charge in [0.25, 0.3) is 0 Å². The van der Waals surface area contributed by atoms with Gasteiger partial charge in [0.15, 0.2) is 5.78 Å². The van der Waals surface area contributed by atoms with Crippen molar-refractivity contribution in [2.45, 2.75) is 32.6 Å². The molecule has 1 aromatic rings. The predicted octanol–water partition coefficient (Wildman–Crippen LogP) is 3.60. The number of benzene rings is 1. The largest absolute Gasteiger partial charge is 0.330 e. The molecule has 2 unspecified atom stereocenters. The molecule has 2 N–H and O–H groups in total. The van der Waals surface area contributed by atoms with Crippen molar-refractivity contribution >= 4 is 17.4 Å². The highest BCUT2D eigenvalue weighted by Gasteiger charge is 2.30. The molecule has 0 spiro atoms. The van der Waals surface area contributed by atoms with Crippen LogP contribution in [0.1, 0.15) is 41.6 Å². The fourth-order valence-electron chi connectivity index (χ4n) is 2.80. The zero-order valence-electron chi connectivity index (χ0n) is 10.8. The maximum atomic E-state index is 12.5. The molecule has 2 atom stereocenters. The predicted molar refractivity (Wildman–Crippen MR) is 75.0 cm³/mol. The Morgan fingerprint density at radius 3 is 2.78 bits per heavy atom. The fraction of sp³-hybridized carbons (Fsp3) is 0.533. The van der Waals surface area contributed by atoms with Gasteiger partial charge in [-0.05, 0) is 43.9 Å². The quantitative estimate of drug-likeness (QED) is 0.849. The van der Waals surface area contributed by atoms with Crippen LogP contribution in [0.25, 0.3) is 0 Å². The monoisotopic (exact) mass is 265 g/mol. The molecule has 1 aliphatic rings. The summed E-state index contributed by atoms with van der Waals surface area (Å²) in [6.45, 7) is 2.55. The summed E-state index contributed by atoms with van der Waals surface area (Å²) >= 11 is 6.09. The molecule has 0 heterocycles. The second kappa shape index (κ2) is 5.85. The van der Waals surface area contributed by atoms with Crippen molar-refractivity contribution in [1.82, 2.24) is 0 Å². The summed E-state index contributed by atoms with van der Waals surface area (Å²) in [5.74, 6) is 0.640. The Morgan fingerprint density at radius 2 is 2.11 bits per heavy atom. The van der Waals surface area contributed by atoms with Crippen LogP contribution in [0, 0.1) is 18.8 Å². The Labute approximate surface area is 114 Å². The highest BCUT2D eigenvalue weighted by molar-refractivity contribution is 6.31. The topological polar surface area (TPSA) is 43.1 Å². The highest BCUT2D eigenvalue weighted by Crippen LogP contribution is 2.32. The second-order valence-corrected chi connectivity index (χ2v) is 5.62. The highest BCUT2D eigenvalue weighted by atomic mass is 35.5. The standard InChI is InChI=1S/C15H20ClNO/c1-10-6-7-11(8-14(10)16)15(18)13-5-3-2-4-12(13)9-17/h6-8,12-13H,2-5,9,17H2,1H3. The van der Waals surface area contributed by atoms with Crippen LogP contribution >= 0.6 is 11.6 Å². The van der Waals surface area contributed by atoms with Crippen molar-refractivity contribution in [3.63, 3.8) is 0 Å². The van der Waals surface area contributed by atoms with Gasteiger partial charge in [-0.3, -0.25) is 4.79 Å². The summed E-state index contributed by atoms with van der Waals surface area (Å²) in [6.07, 6.45) is 4.37. The third-order valence-corrected chi connectivity index (χ3v) is 4.41. The SMILES string of the molecule is Cc1ccc(C(=O)C2CCCCC2CN)cc1Cl. The van der Waals surface area contributed by atoms with Crippen molar-refractivity contribution < 1.29 is 4.79 Å². The van der Waals surface area contributed by atoms with E-state index in [9.17, 15) is 4.79 Å². The summed E-state index contributed by atoms with van der Waals surface area (Å²) in [7, 11) is 0. The Balaban J connectivity index is 2.21. The average molecular weight is 266 g/mol. The maximum Gasteiger partial charge on any atom is 0.166 e. The number of carbonyl (C=O) groups is 1. The molecular weight excluding hydrogens is 246 g/mol. The number of rotatable bonds is 3. The smallest absolute Gasteiger partial charge is 0.166 e. The van der Waals surface area contributed by atoms with Gasteiger partial charge in [-0.25, -0.2) is 0 Å². The number of Topliss-reactive ketones (excluding diaryl/α,β-unsaturated/α-hetero) is 1. The van der Waals surface area contributed by atoms with Crippen LogP contribution in [0.4, 0.5) is 0 Å². The van der Waals surface area contributed by atoms with Gasteiger partial charge in [0.05, 0.1) is 0 Å². The Kier molecular flexibility index (Phi) is 4.41. The van der Waals surface area contributed by atoms with E-state index in [0.717, 1.165) is 30.4 Å². The molecule has 1 saturated carbocycles. The first-order chi connectivity index (χ1) is 8.63. The van der Waals surface area contributed by atoms with E-state index in [4.69, 9.17) is 17.3 Å². The third-order valence-electron chi connectivity index (χ3n) is 4.00. The fourth-order valence-corrected chi connectivity index (χ4v) is 2.98. The van der Waals surface area contributed by atoms with Crippen molar-refractivity contribution in [3.05, 3.63) is 34.3 Å². The van der Waals surface area contributed by atoms with E-state index in [1.54, 1.807) is 6.07 Å². The summed E-state index contributed by atoms with van der Waals surface area (Å²) < 4.78 is 0. The minimum Gasteiger partial charge on any atom is -0.330 e. The summed E-state index contributed by atoms with van der Waals surface area (Å²) in [6, 6.07) is 5.59. The first-order valence-corrected chi connectivity index (χ1v) is 7.01. The van der Waals surface area contributed by atoms with E-state index in [1.165, 1.54) is 6.42 Å². The van der Waals surface area contributed by atoms with E-state index in [0.29, 0.717) is 17.5 Å². The van der Waals surface area contributed by atoms with E-state index < -0.39 is 0 Å².